The maximum atomic E-state index is 12.3. The van der Waals surface area contributed by atoms with Crippen LogP contribution in [-0.2, 0) is 21.4 Å². The van der Waals surface area contributed by atoms with Crippen LogP contribution in [0.3, 0.4) is 0 Å². The number of carbonyl (C=O) groups is 1. The normalized spacial score (nSPS) is 11.0. The monoisotopic (exact) mass is 365 g/mol. The Kier molecular flexibility index (Phi) is 6.31. The molecule has 0 aliphatic heterocycles. The van der Waals surface area contributed by atoms with Crippen LogP contribution >= 0.6 is 0 Å². The Morgan fingerprint density at radius 1 is 1.08 bits per heavy atom. The van der Waals surface area contributed by atoms with Crippen molar-refractivity contribution in [1.29, 1.82) is 0 Å². The summed E-state index contributed by atoms with van der Waals surface area (Å²) in [6, 6.07) is 7.70. The van der Waals surface area contributed by atoms with Gasteiger partial charge < -0.3 is 14.8 Å². The molecular formula is C16H19N3O5S. The second-order valence-electron chi connectivity index (χ2n) is 4.97. The second kappa shape index (κ2) is 8.45. The smallest absolute Gasteiger partial charge is 0.241 e. The van der Waals surface area contributed by atoms with Gasteiger partial charge in [0, 0.05) is 25.0 Å². The fraction of sp³-hybridized carbons (Fsp3) is 0.250. The number of benzene rings is 1. The van der Waals surface area contributed by atoms with E-state index >= 15 is 0 Å². The lowest BCUT2D eigenvalue weighted by atomic mass is 10.3. The molecule has 0 bridgehead atoms. The number of rotatable bonds is 8. The molecule has 1 aromatic heterocycles. The SMILES string of the molecule is COc1ccc(S(=O)(=O)NCC(=O)NCc2ccncc2)cc1OC. The fourth-order valence-corrected chi connectivity index (χ4v) is 2.99. The number of amides is 1. The molecule has 9 heteroatoms. The number of hydrogen-bond acceptors (Lipinski definition) is 6. The van der Waals surface area contributed by atoms with E-state index in [9.17, 15) is 13.2 Å². The third kappa shape index (κ3) is 5.16. The van der Waals surface area contributed by atoms with Gasteiger partial charge in [0.2, 0.25) is 15.9 Å². The summed E-state index contributed by atoms with van der Waals surface area (Å²) in [6.45, 7) is -0.0821. The molecule has 2 rings (SSSR count). The molecule has 0 aliphatic carbocycles. The first-order valence-corrected chi connectivity index (χ1v) is 8.82. The van der Waals surface area contributed by atoms with Crippen molar-refractivity contribution in [2.24, 2.45) is 0 Å². The van der Waals surface area contributed by atoms with Gasteiger partial charge in [0.05, 0.1) is 25.7 Å². The highest BCUT2D eigenvalue weighted by atomic mass is 32.2. The summed E-state index contributed by atoms with van der Waals surface area (Å²) in [7, 11) is -0.986. The zero-order valence-electron chi connectivity index (χ0n) is 13.9. The summed E-state index contributed by atoms with van der Waals surface area (Å²) >= 11 is 0. The average Bonchev–Trinajstić information content (AvgIpc) is 2.65. The number of nitrogens with zero attached hydrogens (tertiary/aromatic N) is 1. The molecule has 1 heterocycles. The Balaban J connectivity index is 1.95. The van der Waals surface area contributed by atoms with Crippen LogP contribution in [0.4, 0.5) is 0 Å². The van der Waals surface area contributed by atoms with Crippen molar-refractivity contribution in [2.75, 3.05) is 20.8 Å². The number of sulfonamides is 1. The molecule has 0 spiro atoms. The summed E-state index contributed by atoms with van der Waals surface area (Å²) in [6.07, 6.45) is 3.22. The molecule has 134 valence electrons. The summed E-state index contributed by atoms with van der Waals surface area (Å²) in [5.41, 5.74) is 0.867. The molecule has 0 saturated carbocycles. The van der Waals surface area contributed by atoms with E-state index in [0.717, 1.165) is 5.56 Å². The molecule has 0 radical (unpaired) electrons. The molecule has 2 aromatic rings. The predicted octanol–water partition coefficient (Wildman–Crippen LogP) is 0.693. The van der Waals surface area contributed by atoms with Crippen molar-refractivity contribution in [2.45, 2.75) is 11.4 Å². The molecule has 0 atom stereocenters. The molecular weight excluding hydrogens is 346 g/mol. The van der Waals surface area contributed by atoms with E-state index in [-0.39, 0.29) is 17.2 Å². The number of aromatic nitrogens is 1. The standard InChI is InChI=1S/C16H19N3O5S/c1-23-14-4-3-13(9-15(14)24-2)25(21,22)19-11-16(20)18-10-12-5-7-17-8-6-12/h3-9,19H,10-11H2,1-2H3,(H,18,20). The van der Waals surface area contributed by atoms with Gasteiger partial charge in [-0.1, -0.05) is 0 Å². The number of nitrogens with one attached hydrogen (secondary N) is 2. The second-order valence-corrected chi connectivity index (χ2v) is 6.74. The van der Waals surface area contributed by atoms with Gasteiger partial charge in [-0.05, 0) is 29.8 Å². The zero-order chi connectivity index (χ0) is 18.3. The van der Waals surface area contributed by atoms with E-state index in [4.69, 9.17) is 9.47 Å². The van der Waals surface area contributed by atoms with Gasteiger partial charge >= 0.3 is 0 Å². The number of hydrogen-bond donors (Lipinski definition) is 2. The van der Waals surface area contributed by atoms with Gasteiger partial charge in [-0.3, -0.25) is 9.78 Å². The molecule has 1 aromatic carbocycles. The van der Waals surface area contributed by atoms with Gasteiger partial charge in [-0.2, -0.15) is 0 Å². The van der Waals surface area contributed by atoms with Crippen molar-refractivity contribution in [3.05, 3.63) is 48.3 Å². The summed E-state index contributed by atoms with van der Waals surface area (Å²) < 4.78 is 37.0. The Morgan fingerprint density at radius 3 is 2.40 bits per heavy atom. The third-order valence-corrected chi connectivity index (χ3v) is 4.73. The van der Waals surface area contributed by atoms with E-state index < -0.39 is 15.9 Å². The molecule has 25 heavy (non-hydrogen) atoms. The number of methoxy groups -OCH3 is 2. The minimum Gasteiger partial charge on any atom is -0.493 e. The van der Waals surface area contributed by atoms with Crippen molar-refractivity contribution < 1.29 is 22.7 Å². The molecule has 0 fully saturated rings. The highest BCUT2D eigenvalue weighted by molar-refractivity contribution is 7.89. The van der Waals surface area contributed by atoms with E-state index in [1.165, 1.54) is 32.4 Å². The topological polar surface area (TPSA) is 107 Å². The lowest BCUT2D eigenvalue weighted by Crippen LogP contribution is -2.36. The lowest BCUT2D eigenvalue weighted by Gasteiger charge is -2.11. The van der Waals surface area contributed by atoms with E-state index in [2.05, 4.69) is 15.0 Å². The van der Waals surface area contributed by atoms with Crippen LogP contribution in [0, 0.1) is 0 Å². The van der Waals surface area contributed by atoms with E-state index in [1.54, 1.807) is 24.5 Å². The van der Waals surface area contributed by atoms with Crippen molar-refractivity contribution in [3.8, 4) is 11.5 Å². The van der Waals surface area contributed by atoms with E-state index in [0.29, 0.717) is 12.3 Å². The van der Waals surface area contributed by atoms with Gasteiger partial charge in [0.15, 0.2) is 11.5 Å². The maximum absolute atomic E-state index is 12.3. The molecule has 2 N–H and O–H groups in total. The van der Waals surface area contributed by atoms with Crippen LogP contribution in [0.15, 0.2) is 47.6 Å². The van der Waals surface area contributed by atoms with Gasteiger partial charge in [-0.25, -0.2) is 13.1 Å². The molecule has 0 saturated heterocycles. The molecule has 0 unspecified atom stereocenters. The van der Waals surface area contributed by atoms with Crippen LogP contribution in [-0.4, -0.2) is 40.1 Å². The van der Waals surface area contributed by atoms with Crippen LogP contribution < -0.4 is 19.5 Å². The Bertz CT molecular complexity index is 825. The van der Waals surface area contributed by atoms with Gasteiger partial charge in [0.1, 0.15) is 0 Å². The van der Waals surface area contributed by atoms with Gasteiger partial charge in [-0.15, -0.1) is 0 Å². The summed E-state index contributed by atoms with van der Waals surface area (Å²) in [4.78, 5) is 15.7. The average molecular weight is 365 g/mol. The first kappa shape index (κ1) is 18.7. The van der Waals surface area contributed by atoms with Crippen molar-refractivity contribution >= 4 is 15.9 Å². The highest BCUT2D eigenvalue weighted by Crippen LogP contribution is 2.29. The van der Waals surface area contributed by atoms with Crippen LogP contribution in [0.25, 0.3) is 0 Å². The Labute approximate surface area is 146 Å². The molecule has 8 nitrogen and oxygen atoms in total. The van der Waals surface area contributed by atoms with Crippen LogP contribution in [0.5, 0.6) is 11.5 Å². The largest absolute Gasteiger partial charge is 0.493 e. The number of carbonyl (C=O) groups excluding carboxylic acids is 1. The summed E-state index contributed by atoms with van der Waals surface area (Å²) in [5.74, 6) is 0.255. The third-order valence-electron chi connectivity index (χ3n) is 3.33. The molecule has 1 amide bonds. The Hall–Kier alpha value is -2.65. The minimum atomic E-state index is -3.85. The van der Waals surface area contributed by atoms with E-state index in [1.807, 2.05) is 0 Å². The fourth-order valence-electron chi connectivity index (χ4n) is 1.99. The molecule has 0 aliphatic rings. The van der Waals surface area contributed by atoms with Crippen molar-refractivity contribution in [1.82, 2.24) is 15.0 Å². The quantitative estimate of drug-likeness (QED) is 0.713. The number of pyridine rings is 1. The van der Waals surface area contributed by atoms with Crippen molar-refractivity contribution in [3.63, 3.8) is 0 Å². The summed E-state index contributed by atoms with van der Waals surface area (Å²) in [5, 5.41) is 2.63. The first-order chi connectivity index (χ1) is 12.0. The highest BCUT2D eigenvalue weighted by Gasteiger charge is 2.18. The van der Waals surface area contributed by atoms with Gasteiger partial charge in [0.25, 0.3) is 0 Å². The zero-order valence-corrected chi connectivity index (χ0v) is 14.7. The van der Waals surface area contributed by atoms with Crippen LogP contribution in [0.1, 0.15) is 5.56 Å². The number of ether oxygens (including phenoxy) is 2. The minimum absolute atomic E-state index is 0.0212. The Morgan fingerprint density at radius 2 is 1.76 bits per heavy atom. The lowest BCUT2D eigenvalue weighted by molar-refractivity contribution is -0.120. The van der Waals surface area contributed by atoms with Crippen LogP contribution in [0.2, 0.25) is 0 Å². The first-order valence-electron chi connectivity index (χ1n) is 7.33. The predicted molar refractivity (Wildman–Crippen MR) is 90.8 cm³/mol. The maximum Gasteiger partial charge on any atom is 0.241 e.